The van der Waals surface area contributed by atoms with Gasteiger partial charge in [0.15, 0.2) is 5.75 Å². The summed E-state index contributed by atoms with van der Waals surface area (Å²) >= 11 is 17.3. The van der Waals surface area contributed by atoms with Gasteiger partial charge in [0.2, 0.25) is 0 Å². The van der Waals surface area contributed by atoms with Gasteiger partial charge in [0.25, 0.3) is 0 Å². The van der Waals surface area contributed by atoms with Crippen LogP contribution in [0.1, 0.15) is 12.8 Å². The third-order valence-corrected chi connectivity index (χ3v) is 5.75. The van der Waals surface area contributed by atoms with Crippen LogP contribution in [0.3, 0.4) is 0 Å². The number of benzene rings is 2. The number of carboxylic acid groups (broad SMARTS) is 1. The molecule has 0 heterocycles. The summed E-state index contributed by atoms with van der Waals surface area (Å²) in [6, 6.07) is 7.37. The fourth-order valence-electron chi connectivity index (χ4n) is 1.88. The van der Waals surface area contributed by atoms with Gasteiger partial charge in [0.1, 0.15) is 11.5 Å². The van der Waals surface area contributed by atoms with E-state index in [9.17, 15) is 4.79 Å². The van der Waals surface area contributed by atoms with Gasteiger partial charge in [-0.1, -0.05) is 15.9 Å². The van der Waals surface area contributed by atoms with Crippen LogP contribution in [-0.4, -0.2) is 17.7 Å². The molecule has 0 aliphatic heterocycles. The molecule has 2 aromatic carbocycles. The molecule has 0 spiro atoms. The van der Waals surface area contributed by atoms with E-state index in [2.05, 4.69) is 79.6 Å². The van der Waals surface area contributed by atoms with Crippen LogP contribution in [0.2, 0.25) is 0 Å². The van der Waals surface area contributed by atoms with Gasteiger partial charge in [-0.05, 0) is 94.4 Å². The molecule has 2 rings (SSSR count). The van der Waals surface area contributed by atoms with Crippen molar-refractivity contribution < 1.29 is 19.4 Å². The second-order valence-corrected chi connectivity index (χ2v) is 9.20. The molecule has 0 aliphatic carbocycles. The minimum absolute atomic E-state index is 0.0715. The topological polar surface area (TPSA) is 55.8 Å². The van der Waals surface area contributed by atoms with Crippen LogP contribution < -0.4 is 9.47 Å². The standard InChI is InChI=1S/C16H11Br5O4/c17-8-4-10(18)16(11(19)5-8)25-9-6-12(20)15(13(21)7-9)24-3-1-2-14(22)23/h4-7H,1-3H2,(H,22,23). The van der Waals surface area contributed by atoms with Gasteiger partial charge in [0.05, 0.1) is 24.5 Å². The Hall–Kier alpha value is -0.0900. The first-order chi connectivity index (χ1) is 11.8. The Bertz CT molecular complexity index is 748. The van der Waals surface area contributed by atoms with Crippen molar-refractivity contribution in [2.24, 2.45) is 0 Å². The molecule has 0 unspecified atom stereocenters. The van der Waals surface area contributed by atoms with Gasteiger partial charge in [0, 0.05) is 10.9 Å². The predicted molar refractivity (Wildman–Crippen MR) is 114 cm³/mol. The lowest BCUT2D eigenvalue weighted by atomic mass is 10.3. The highest BCUT2D eigenvalue weighted by Gasteiger charge is 2.14. The van der Waals surface area contributed by atoms with Crippen LogP contribution in [0.4, 0.5) is 0 Å². The van der Waals surface area contributed by atoms with Crippen molar-refractivity contribution in [2.45, 2.75) is 12.8 Å². The molecule has 4 nitrogen and oxygen atoms in total. The van der Waals surface area contributed by atoms with Crippen molar-refractivity contribution in [3.8, 4) is 17.2 Å². The zero-order valence-corrected chi connectivity index (χ0v) is 20.4. The molecule has 0 saturated heterocycles. The summed E-state index contributed by atoms with van der Waals surface area (Å²) in [4.78, 5) is 10.5. The molecule has 2 aromatic rings. The number of ether oxygens (including phenoxy) is 2. The molecule has 0 amide bonds. The second-order valence-electron chi connectivity index (χ2n) is 4.86. The minimum atomic E-state index is -0.837. The highest BCUT2D eigenvalue weighted by atomic mass is 79.9. The average Bonchev–Trinajstić information content (AvgIpc) is 2.49. The maximum absolute atomic E-state index is 10.5. The van der Waals surface area contributed by atoms with Gasteiger partial charge in [-0.2, -0.15) is 0 Å². The first-order valence-corrected chi connectivity index (χ1v) is 10.9. The van der Waals surface area contributed by atoms with E-state index >= 15 is 0 Å². The Morgan fingerprint density at radius 2 is 1.40 bits per heavy atom. The molecular formula is C16H11Br5O4. The molecule has 134 valence electrons. The fraction of sp³-hybridized carbons (Fsp3) is 0.188. The van der Waals surface area contributed by atoms with Crippen LogP contribution in [0, 0.1) is 0 Å². The Labute approximate surface area is 186 Å². The van der Waals surface area contributed by atoms with E-state index in [1.54, 1.807) is 12.1 Å². The zero-order chi connectivity index (χ0) is 18.6. The van der Waals surface area contributed by atoms with E-state index in [1.807, 2.05) is 12.1 Å². The fourth-order valence-corrected chi connectivity index (χ4v) is 5.67. The molecule has 25 heavy (non-hydrogen) atoms. The number of hydrogen-bond acceptors (Lipinski definition) is 3. The highest BCUT2D eigenvalue weighted by molar-refractivity contribution is 9.12. The smallest absolute Gasteiger partial charge is 0.303 e. The van der Waals surface area contributed by atoms with Crippen LogP contribution in [0.25, 0.3) is 0 Å². The molecule has 0 saturated carbocycles. The number of rotatable bonds is 7. The number of aliphatic carboxylic acids is 1. The number of halogens is 5. The summed E-state index contributed by atoms with van der Waals surface area (Å²) < 4.78 is 15.5. The average molecular weight is 667 g/mol. The maximum atomic E-state index is 10.5. The number of hydrogen-bond donors (Lipinski definition) is 1. The van der Waals surface area contributed by atoms with E-state index in [0.29, 0.717) is 39.2 Å². The minimum Gasteiger partial charge on any atom is -0.491 e. The largest absolute Gasteiger partial charge is 0.491 e. The third kappa shape index (κ3) is 6.23. The summed E-state index contributed by atoms with van der Waals surface area (Å²) in [6.07, 6.45) is 0.507. The first-order valence-electron chi connectivity index (χ1n) is 6.94. The lowest BCUT2D eigenvalue weighted by Gasteiger charge is -2.14. The number of carbonyl (C=O) groups is 1. The Morgan fingerprint density at radius 3 is 1.92 bits per heavy atom. The molecule has 0 radical (unpaired) electrons. The Balaban J connectivity index is 2.15. The Morgan fingerprint density at radius 1 is 0.880 bits per heavy atom. The van der Waals surface area contributed by atoms with Crippen molar-refractivity contribution in [3.05, 3.63) is 46.6 Å². The van der Waals surface area contributed by atoms with Gasteiger partial charge in [-0.25, -0.2) is 0 Å². The summed E-state index contributed by atoms with van der Waals surface area (Å²) in [5.74, 6) is 1.03. The SMILES string of the molecule is O=C(O)CCCOc1c(Br)cc(Oc2c(Br)cc(Br)cc2Br)cc1Br. The van der Waals surface area contributed by atoms with Crippen LogP contribution in [0.15, 0.2) is 46.6 Å². The van der Waals surface area contributed by atoms with E-state index in [4.69, 9.17) is 14.6 Å². The Kier molecular flexibility index (Phi) is 8.26. The molecular weight excluding hydrogens is 656 g/mol. The third-order valence-electron chi connectivity index (χ3n) is 2.94. The molecule has 0 aliphatic rings. The summed E-state index contributed by atoms with van der Waals surface area (Å²) in [7, 11) is 0. The maximum Gasteiger partial charge on any atom is 0.303 e. The van der Waals surface area contributed by atoms with Crippen molar-refractivity contribution >= 4 is 85.6 Å². The van der Waals surface area contributed by atoms with E-state index in [0.717, 1.165) is 13.4 Å². The van der Waals surface area contributed by atoms with Gasteiger partial charge < -0.3 is 14.6 Å². The molecule has 0 bridgehead atoms. The van der Waals surface area contributed by atoms with Gasteiger partial charge >= 0.3 is 5.97 Å². The number of carboxylic acids is 1. The molecule has 1 N–H and O–H groups in total. The van der Waals surface area contributed by atoms with E-state index < -0.39 is 5.97 Å². The lowest BCUT2D eigenvalue weighted by molar-refractivity contribution is -0.137. The van der Waals surface area contributed by atoms with Crippen molar-refractivity contribution in [3.63, 3.8) is 0 Å². The van der Waals surface area contributed by atoms with Crippen molar-refractivity contribution in [2.75, 3.05) is 6.61 Å². The van der Waals surface area contributed by atoms with Gasteiger partial charge in [-0.3, -0.25) is 4.79 Å². The summed E-state index contributed by atoms with van der Waals surface area (Å²) in [6.45, 7) is 0.313. The van der Waals surface area contributed by atoms with Crippen LogP contribution in [0.5, 0.6) is 17.2 Å². The lowest BCUT2D eigenvalue weighted by Crippen LogP contribution is -2.03. The normalized spacial score (nSPS) is 10.6. The van der Waals surface area contributed by atoms with Crippen molar-refractivity contribution in [1.82, 2.24) is 0 Å². The predicted octanol–water partition coefficient (Wildman–Crippen LogP) is 7.54. The van der Waals surface area contributed by atoms with Crippen molar-refractivity contribution in [1.29, 1.82) is 0 Å². The molecule has 0 fully saturated rings. The molecule has 9 heteroatoms. The highest BCUT2D eigenvalue weighted by Crippen LogP contribution is 2.43. The monoisotopic (exact) mass is 662 g/mol. The quantitative estimate of drug-likeness (QED) is 0.311. The zero-order valence-electron chi connectivity index (χ0n) is 12.5. The van der Waals surface area contributed by atoms with Crippen LogP contribution in [-0.2, 0) is 4.79 Å². The van der Waals surface area contributed by atoms with E-state index in [1.165, 1.54) is 0 Å². The summed E-state index contributed by atoms with van der Waals surface area (Å²) in [5, 5.41) is 8.66. The summed E-state index contributed by atoms with van der Waals surface area (Å²) in [5.41, 5.74) is 0. The first kappa shape index (κ1) is 21.2. The van der Waals surface area contributed by atoms with E-state index in [-0.39, 0.29) is 6.42 Å². The second kappa shape index (κ2) is 9.73. The van der Waals surface area contributed by atoms with Gasteiger partial charge in [-0.15, -0.1) is 0 Å². The molecule has 0 aromatic heterocycles. The molecule has 0 atom stereocenters. The van der Waals surface area contributed by atoms with Crippen LogP contribution >= 0.6 is 79.6 Å².